The van der Waals surface area contributed by atoms with E-state index in [9.17, 15) is 19.0 Å². The Morgan fingerprint density at radius 1 is 0.351 bits per heavy atom. The molecule has 0 aliphatic rings. The van der Waals surface area contributed by atoms with Crippen molar-refractivity contribution in [1.29, 1.82) is 0 Å². The zero-order chi connectivity index (χ0) is 53.8. The van der Waals surface area contributed by atoms with Crippen molar-refractivity contribution in [2.24, 2.45) is 5.73 Å². The molecule has 0 fully saturated rings. The summed E-state index contributed by atoms with van der Waals surface area (Å²) >= 11 is 0. The molecule has 0 heterocycles. The zero-order valence-corrected chi connectivity index (χ0v) is 50.5. The number of esters is 2. The predicted octanol–water partition coefficient (Wildman–Crippen LogP) is 21.0. The number of phosphoric ester groups is 1. The molecule has 0 aliphatic carbocycles. The highest BCUT2D eigenvalue weighted by Gasteiger charge is 2.26. The first-order valence-corrected chi connectivity index (χ1v) is 34.5. The zero-order valence-electron chi connectivity index (χ0n) is 49.6. The van der Waals surface area contributed by atoms with Gasteiger partial charge in [-0.05, 0) is 12.8 Å². The van der Waals surface area contributed by atoms with Crippen molar-refractivity contribution in [1.82, 2.24) is 0 Å². The van der Waals surface area contributed by atoms with Crippen LogP contribution in [0.5, 0.6) is 0 Å². The molecule has 0 bridgehead atoms. The second kappa shape index (κ2) is 61.2. The highest BCUT2D eigenvalue weighted by molar-refractivity contribution is 7.47. The number of nitrogens with two attached hydrogens (primary N) is 1. The average molecular weight is 1070 g/mol. The van der Waals surface area contributed by atoms with Crippen LogP contribution >= 0.6 is 7.82 Å². The van der Waals surface area contributed by atoms with Crippen LogP contribution in [0.3, 0.4) is 0 Å². The number of carbonyl (C=O) groups excluding carboxylic acids is 2. The number of unbranched alkanes of at least 4 members (excludes halogenated alkanes) is 51. The van der Waals surface area contributed by atoms with E-state index in [0.717, 1.165) is 32.1 Å². The Hall–Kier alpha value is -0.990. The van der Waals surface area contributed by atoms with Gasteiger partial charge in [0.15, 0.2) is 6.10 Å². The third-order valence-corrected chi connectivity index (χ3v) is 16.2. The Labute approximate surface area is 460 Å². The van der Waals surface area contributed by atoms with E-state index in [1.54, 1.807) is 0 Å². The van der Waals surface area contributed by atoms with Crippen molar-refractivity contribution in [2.75, 3.05) is 26.4 Å². The van der Waals surface area contributed by atoms with Crippen LogP contribution in [0.25, 0.3) is 0 Å². The van der Waals surface area contributed by atoms with Gasteiger partial charge in [0.25, 0.3) is 0 Å². The molecule has 2 atom stereocenters. The van der Waals surface area contributed by atoms with E-state index in [-0.39, 0.29) is 38.6 Å². The Balaban J connectivity index is 3.71. The first kappa shape index (κ1) is 73.0. The lowest BCUT2D eigenvalue weighted by Gasteiger charge is -2.19. The van der Waals surface area contributed by atoms with E-state index >= 15 is 0 Å². The lowest BCUT2D eigenvalue weighted by atomic mass is 10.0. The highest BCUT2D eigenvalue weighted by atomic mass is 31.2. The van der Waals surface area contributed by atoms with Gasteiger partial charge >= 0.3 is 19.8 Å². The van der Waals surface area contributed by atoms with Crippen molar-refractivity contribution in [2.45, 2.75) is 373 Å². The molecule has 74 heavy (non-hydrogen) atoms. The number of rotatable bonds is 64. The van der Waals surface area contributed by atoms with Crippen molar-refractivity contribution < 1.29 is 37.6 Å². The SMILES string of the molecule is CCCCCCCCCCCCCCCCCCCCCCCCCCCCCCCCCCCCCCCCC(=O)OC(COC(=O)CCCCCCCCCCCCCCCCC)COP(=O)(O)OCCN. The van der Waals surface area contributed by atoms with Gasteiger partial charge in [-0.1, -0.05) is 341 Å². The first-order chi connectivity index (χ1) is 36.3. The Morgan fingerprint density at radius 3 is 0.824 bits per heavy atom. The van der Waals surface area contributed by atoms with E-state index < -0.39 is 26.5 Å². The van der Waals surface area contributed by atoms with Gasteiger partial charge in [0, 0.05) is 19.4 Å². The fourth-order valence-electron chi connectivity index (χ4n) is 10.3. The molecule has 0 rings (SSSR count). The fraction of sp³-hybridized carbons (Fsp3) is 0.969. The van der Waals surface area contributed by atoms with E-state index in [1.807, 2.05) is 0 Å². The molecule has 0 saturated carbocycles. The number of hydrogen-bond acceptors (Lipinski definition) is 8. The standard InChI is InChI=1S/C64H128NO8P/c1-3-5-7-9-11-13-15-17-19-20-21-22-23-24-25-26-27-28-29-30-31-32-33-34-35-36-37-38-39-40-41-43-45-47-49-51-53-55-57-64(67)73-62(61-72-74(68,69)71-59-58-65)60-70-63(66)56-54-52-50-48-46-44-42-18-16-14-12-10-8-6-4-2/h62H,3-61,65H2,1-2H3,(H,68,69). The quantitative estimate of drug-likeness (QED) is 0.0347. The van der Waals surface area contributed by atoms with Gasteiger partial charge in [0.1, 0.15) is 6.61 Å². The number of hydrogen-bond donors (Lipinski definition) is 2. The van der Waals surface area contributed by atoms with Crippen molar-refractivity contribution in [3.63, 3.8) is 0 Å². The average Bonchev–Trinajstić information content (AvgIpc) is 3.39. The van der Waals surface area contributed by atoms with Gasteiger partial charge in [-0.25, -0.2) is 4.57 Å². The number of ether oxygens (including phenoxy) is 2. The second-order valence-corrected chi connectivity index (χ2v) is 24.2. The minimum atomic E-state index is -4.38. The van der Waals surface area contributed by atoms with Crippen LogP contribution in [-0.4, -0.2) is 49.3 Å². The summed E-state index contributed by atoms with van der Waals surface area (Å²) in [6.07, 6.45) is 70.7. The summed E-state index contributed by atoms with van der Waals surface area (Å²) in [5, 5.41) is 0. The molecular formula is C64H128NO8P. The van der Waals surface area contributed by atoms with E-state index in [2.05, 4.69) is 13.8 Å². The molecule has 0 spiro atoms. The Bertz CT molecular complexity index is 1170. The largest absolute Gasteiger partial charge is 0.472 e. The predicted molar refractivity (Wildman–Crippen MR) is 317 cm³/mol. The molecule has 0 aromatic heterocycles. The summed E-state index contributed by atoms with van der Waals surface area (Å²) in [7, 11) is -4.38. The molecule has 442 valence electrons. The maximum absolute atomic E-state index is 12.7. The molecule has 0 saturated heterocycles. The van der Waals surface area contributed by atoms with Gasteiger partial charge in [-0.15, -0.1) is 0 Å². The summed E-state index contributed by atoms with van der Waals surface area (Å²) < 4.78 is 33.1. The minimum Gasteiger partial charge on any atom is -0.462 e. The monoisotopic (exact) mass is 1070 g/mol. The summed E-state index contributed by atoms with van der Waals surface area (Å²) in [6, 6.07) is 0. The summed E-state index contributed by atoms with van der Waals surface area (Å²) in [5.41, 5.74) is 5.39. The maximum atomic E-state index is 12.7. The number of phosphoric acid groups is 1. The Kier molecular flexibility index (Phi) is 60.4. The lowest BCUT2D eigenvalue weighted by molar-refractivity contribution is -0.161. The second-order valence-electron chi connectivity index (χ2n) is 22.7. The van der Waals surface area contributed by atoms with E-state index in [0.29, 0.717) is 6.42 Å². The van der Waals surface area contributed by atoms with Crippen LogP contribution in [0, 0.1) is 0 Å². The summed E-state index contributed by atoms with van der Waals surface area (Å²) in [6.45, 7) is 3.82. The first-order valence-electron chi connectivity index (χ1n) is 33.0. The summed E-state index contributed by atoms with van der Waals surface area (Å²) in [5.74, 6) is -0.802. The van der Waals surface area contributed by atoms with Gasteiger partial charge in [-0.2, -0.15) is 0 Å². The van der Waals surface area contributed by atoms with Crippen LogP contribution in [0.4, 0.5) is 0 Å². The topological polar surface area (TPSA) is 134 Å². The molecule has 2 unspecified atom stereocenters. The molecule has 0 aromatic carbocycles. The molecule has 3 N–H and O–H groups in total. The van der Waals surface area contributed by atoms with E-state index in [4.69, 9.17) is 24.3 Å². The van der Waals surface area contributed by atoms with Gasteiger partial charge in [0.05, 0.1) is 13.2 Å². The van der Waals surface area contributed by atoms with E-state index in [1.165, 1.54) is 302 Å². The third kappa shape index (κ3) is 60.2. The molecule has 9 nitrogen and oxygen atoms in total. The maximum Gasteiger partial charge on any atom is 0.472 e. The normalized spacial score (nSPS) is 12.9. The summed E-state index contributed by atoms with van der Waals surface area (Å²) in [4.78, 5) is 35.2. The van der Waals surface area contributed by atoms with Crippen LogP contribution in [0.2, 0.25) is 0 Å². The van der Waals surface area contributed by atoms with Gasteiger partial charge in [0.2, 0.25) is 0 Å². The van der Waals surface area contributed by atoms with Crippen LogP contribution < -0.4 is 5.73 Å². The van der Waals surface area contributed by atoms with Gasteiger partial charge in [-0.3, -0.25) is 18.6 Å². The van der Waals surface area contributed by atoms with Crippen LogP contribution in [0.15, 0.2) is 0 Å². The Morgan fingerprint density at radius 2 is 0.581 bits per heavy atom. The molecular weight excluding hydrogens is 942 g/mol. The van der Waals surface area contributed by atoms with Gasteiger partial charge < -0.3 is 20.1 Å². The number of carbonyl (C=O) groups is 2. The smallest absolute Gasteiger partial charge is 0.462 e. The van der Waals surface area contributed by atoms with Crippen molar-refractivity contribution in [3.8, 4) is 0 Å². The van der Waals surface area contributed by atoms with Crippen LogP contribution in [0.1, 0.15) is 367 Å². The fourth-order valence-corrected chi connectivity index (χ4v) is 11.1. The lowest BCUT2D eigenvalue weighted by Crippen LogP contribution is -2.29. The third-order valence-electron chi connectivity index (χ3n) is 15.2. The molecule has 0 amide bonds. The highest BCUT2D eigenvalue weighted by Crippen LogP contribution is 2.43. The molecule has 0 aliphatic heterocycles. The molecule has 0 aromatic rings. The molecule has 10 heteroatoms. The van der Waals surface area contributed by atoms with Crippen molar-refractivity contribution >= 4 is 19.8 Å². The van der Waals surface area contributed by atoms with Crippen LogP contribution in [-0.2, 0) is 32.7 Å². The minimum absolute atomic E-state index is 0.0586. The molecule has 0 radical (unpaired) electrons. The van der Waals surface area contributed by atoms with Crippen molar-refractivity contribution in [3.05, 3.63) is 0 Å².